The van der Waals surface area contributed by atoms with E-state index in [1.807, 2.05) is 19.1 Å². The number of fused-ring (bicyclic) bond motifs is 1. The van der Waals surface area contributed by atoms with Crippen LogP contribution < -0.4 is 10.1 Å². The molecule has 0 radical (unpaired) electrons. The molecule has 222 valence electrons. The maximum absolute atomic E-state index is 13.6. The number of aromatic nitrogens is 5. The molecule has 11 nitrogen and oxygen atoms in total. The van der Waals surface area contributed by atoms with Gasteiger partial charge >= 0.3 is 0 Å². The monoisotopic (exact) mass is 620 g/mol. The Balaban J connectivity index is 1.20. The first-order valence-corrected chi connectivity index (χ1v) is 15.3. The summed E-state index contributed by atoms with van der Waals surface area (Å²) in [5, 5.41) is 8.73. The van der Waals surface area contributed by atoms with Crippen LogP contribution >= 0.6 is 23.3 Å². The lowest BCUT2D eigenvalue weighted by molar-refractivity contribution is -0.130. The SMILES string of the molecule is Cc1noc2nccc(Sc3cnc(Nc4nc(C5CCN(CC(=O)N(C)C)CC5)ns4)c(Oc4ccc(F)cc4)c3)c12. The van der Waals surface area contributed by atoms with E-state index in [-0.39, 0.29) is 17.6 Å². The van der Waals surface area contributed by atoms with Crippen LogP contribution in [0.25, 0.3) is 11.1 Å². The Labute approximate surface area is 255 Å². The number of nitrogens with one attached hydrogen (secondary N) is 1. The molecule has 43 heavy (non-hydrogen) atoms. The van der Waals surface area contributed by atoms with Crippen LogP contribution in [0, 0.1) is 12.7 Å². The van der Waals surface area contributed by atoms with Gasteiger partial charge in [-0.1, -0.05) is 16.9 Å². The number of likely N-dealkylation sites (tertiary alicyclic amines) is 1. The molecule has 0 spiro atoms. The molecule has 0 unspecified atom stereocenters. The van der Waals surface area contributed by atoms with E-state index in [4.69, 9.17) is 14.2 Å². The van der Waals surface area contributed by atoms with Crippen molar-refractivity contribution in [3.63, 3.8) is 0 Å². The topological polar surface area (TPSA) is 122 Å². The van der Waals surface area contributed by atoms with Crippen molar-refractivity contribution in [2.75, 3.05) is 39.0 Å². The van der Waals surface area contributed by atoms with Crippen LogP contribution in [-0.2, 0) is 4.79 Å². The van der Waals surface area contributed by atoms with Gasteiger partial charge < -0.3 is 19.5 Å². The van der Waals surface area contributed by atoms with E-state index in [1.165, 1.54) is 35.4 Å². The number of hydrogen-bond donors (Lipinski definition) is 1. The zero-order chi connectivity index (χ0) is 29.9. The highest BCUT2D eigenvalue weighted by Crippen LogP contribution is 2.39. The number of anilines is 2. The van der Waals surface area contributed by atoms with Crippen LogP contribution in [0.4, 0.5) is 15.3 Å². The van der Waals surface area contributed by atoms with E-state index < -0.39 is 0 Å². The zero-order valence-corrected chi connectivity index (χ0v) is 25.4. The molecule has 0 bridgehead atoms. The predicted octanol–water partition coefficient (Wildman–Crippen LogP) is 5.87. The summed E-state index contributed by atoms with van der Waals surface area (Å²) in [7, 11) is 3.55. The molecule has 1 fully saturated rings. The summed E-state index contributed by atoms with van der Waals surface area (Å²) in [4.78, 5) is 31.3. The number of pyridine rings is 2. The highest BCUT2D eigenvalue weighted by molar-refractivity contribution is 7.99. The number of halogens is 1. The van der Waals surface area contributed by atoms with Gasteiger partial charge in [0.25, 0.3) is 5.71 Å². The number of likely N-dealkylation sites (N-methyl/N-ethyl adjacent to an activating group) is 1. The normalized spacial score (nSPS) is 14.2. The summed E-state index contributed by atoms with van der Waals surface area (Å²) in [5.74, 6) is 2.12. The lowest BCUT2D eigenvalue weighted by Crippen LogP contribution is -2.40. The van der Waals surface area contributed by atoms with Gasteiger partial charge in [0, 0.05) is 59.8 Å². The summed E-state index contributed by atoms with van der Waals surface area (Å²) in [5.41, 5.74) is 1.22. The van der Waals surface area contributed by atoms with Crippen LogP contribution in [0.2, 0.25) is 0 Å². The fourth-order valence-electron chi connectivity index (χ4n) is 4.72. The minimum Gasteiger partial charge on any atom is -0.453 e. The van der Waals surface area contributed by atoms with Crippen LogP contribution in [0.15, 0.2) is 63.1 Å². The molecular formula is C29H29FN8O3S2. The molecular weight excluding hydrogens is 592 g/mol. The minimum absolute atomic E-state index is 0.106. The van der Waals surface area contributed by atoms with Crippen molar-refractivity contribution in [1.29, 1.82) is 0 Å². The van der Waals surface area contributed by atoms with E-state index in [0.29, 0.717) is 34.7 Å². The van der Waals surface area contributed by atoms with Crippen molar-refractivity contribution in [2.24, 2.45) is 0 Å². The number of benzene rings is 1. The second-order valence-electron chi connectivity index (χ2n) is 10.4. The molecule has 0 aliphatic carbocycles. The summed E-state index contributed by atoms with van der Waals surface area (Å²) in [6.07, 6.45) is 5.18. The van der Waals surface area contributed by atoms with Crippen molar-refractivity contribution in [2.45, 2.75) is 35.5 Å². The average Bonchev–Trinajstić information content (AvgIpc) is 3.63. The molecule has 6 rings (SSSR count). The van der Waals surface area contributed by atoms with Gasteiger partial charge in [-0.2, -0.15) is 4.37 Å². The van der Waals surface area contributed by atoms with E-state index in [9.17, 15) is 9.18 Å². The van der Waals surface area contributed by atoms with Gasteiger partial charge in [0.1, 0.15) is 17.4 Å². The average molecular weight is 621 g/mol. The number of rotatable bonds is 9. The first kappa shape index (κ1) is 29.0. The second kappa shape index (κ2) is 12.6. The van der Waals surface area contributed by atoms with Gasteiger partial charge in [-0.3, -0.25) is 9.69 Å². The van der Waals surface area contributed by atoms with Gasteiger partial charge in [-0.25, -0.2) is 19.3 Å². The second-order valence-corrected chi connectivity index (χ2v) is 12.2. The number of aryl methyl sites for hydroxylation is 1. The Kier molecular flexibility index (Phi) is 8.49. The van der Waals surface area contributed by atoms with Gasteiger partial charge in [-0.05, 0) is 63.2 Å². The summed E-state index contributed by atoms with van der Waals surface area (Å²) in [6, 6.07) is 9.58. The molecule has 5 aromatic rings. The molecule has 4 aromatic heterocycles. The largest absolute Gasteiger partial charge is 0.453 e. The Morgan fingerprint density at radius 3 is 2.77 bits per heavy atom. The van der Waals surface area contributed by atoms with Crippen molar-refractivity contribution in [3.05, 3.63) is 66.1 Å². The molecule has 5 heterocycles. The standard InChI is InChI=1S/C29H29FN8O3S2/c1-17-25-23(8-11-31-28(25)41-35-17)42-21-14-22(40-20-6-4-19(30)5-7-20)27(32-15-21)34-29-33-26(36-43-29)18-9-12-38(13-10-18)16-24(39)37(2)3/h4-8,11,14-15,18H,9-10,12-13,16H2,1-3H3,(H,32,33,34,36). The third-order valence-corrected chi connectivity index (χ3v) is 8.75. The minimum atomic E-state index is -0.351. The fraction of sp³-hybridized carbons (Fsp3) is 0.310. The fourth-order valence-corrected chi connectivity index (χ4v) is 6.35. The maximum atomic E-state index is 13.6. The lowest BCUT2D eigenvalue weighted by Gasteiger charge is -2.30. The van der Waals surface area contributed by atoms with Crippen LogP contribution in [-0.4, -0.2) is 73.9 Å². The number of carbonyl (C=O) groups is 1. The predicted molar refractivity (Wildman–Crippen MR) is 162 cm³/mol. The quantitative estimate of drug-likeness (QED) is 0.213. The van der Waals surface area contributed by atoms with Crippen molar-refractivity contribution in [3.8, 4) is 11.5 Å². The summed E-state index contributed by atoms with van der Waals surface area (Å²) < 4.78 is 29.7. The number of amides is 1. The Bertz CT molecular complexity index is 1740. The van der Waals surface area contributed by atoms with Gasteiger partial charge in [0.05, 0.1) is 17.6 Å². The van der Waals surface area contributed by atoms with E-state index in [0.717, 1.165) is 52.6 Å². The highest BCUT2D eigenvalue weighted by Gasteiger charge is 2.26. The molecule has 1 aliphatic rings. The van der Waals surface area contributed by atoms with E-state index >= 15 is 0 Å². The van der Waals surface area contributed by atoms with Gasteiger partial charge in [0.2, 0.25) is 11.0 Å². The number of ether oxygens (including phenoxy) is 1. The Morgan fingerprint density at radius 2 is 2.00 bits per heavy atom. The number of nitrogens with zero attached hydrogens (tertiary/aromatic N) is 7. The maximum Gasteiger partial charge on any atom is 0.259 e. The molecule has 1 N–H and O–H groups in total. The lowest BCUT2D eigenvalue weighted by atomic mass is 9.96. The van der Waals surface area contributed by atoms with Crippen LogP contribution in [0.1, 0.15) is 30.3 Å². The number of hydrogen-bond acceptors (Lipinski definition) is 12. The summed E-state index contributed by atoms with van der Waals surface area (Å²) in [6.45, 7) is 3.94. The third kappa shape index (κ3) is 6.76. The van der Waals surface area contributed by atoms with Crippen LogP contribution in [0.3, 0.4) is 0 Å². The molecule has 0 atom stereocenters. The smallest absolute Gasteiger partial charge is 0.259 e. The van der Waals surface area contributed by atoms with Crippen molar-refractivity contribution >= 4 is 51.3 Å². The Morgan fingerprint density at radius 1 is 1.21 bits per heavy atom. The van der Waals surface area contributed by atoms with E-state index in [1.54, 1.807) is 43.5 Å². The van der Waals surface area contributed by atoms with Crippen molar-refractivity contribution < 1.29 is 18.4 Å². The van der Waals surface area contributed by atoms with Gasteiger partial charge in [0.15, 0.2) is 11.6 Å². The molecule has 1 amide bonds. The van der Waals surface area contributed by atoms with Crippen molar-refractivity contribution in [1.82, 2.24) is 34.3 Å². The van der Waals surface area contributed by atoms with E-state index in [2.05, 4.69) is 29.7 Å². The number of piperidine rings is 1. The molecule has 1 saturated heterocycles. The molecule has 14 heteroatoms. The third-order valence-electron chi connectivity index (χ3n) is 7.08. The highest BCUT2D eigenvalue weighted by atomic mass is 32.2. The van der Waals surface area contributed by atoms with Gasteiger partial charge in [-0.15, -0.1) is 0 Å². The Hall–Kier alpha value is -4.14. The molecule has 1 aromatic carbocycles. The van der Waals surface area contributed by atoms with Crippen LogP contribution in [0.5, 0.6) is 11.5 Å². The zero-order valence-electron chi connectivity index (χ0n) is 23.8. The molecule has 0 saturated carbocycles. The molecule has 1 aliphatic heterocycles. The number of carbonyl (C=O) groups excluding carboxylic acids is 1. The first-order valence-electron chi connectivity index (χ1n) is 13.7. The first-order chi connectivity index (χ1) is 20.8. The summed E-state index contributed by atoms with van der Waals surface area (Å²) >= 11 is 2.74.